The monoisotopic (exact) mass is 400 g/mol. The Labute approximate surface area is 174 Å². The van der Waals surface area contributed by atoms with E-state index >= 15 is 0 Å². The molecule has 1 atom stereocenters. The van der Waals surface area contributed by atoms with Crippen LogP contribution in [0.3, 0.4) is 0 Å². The SMILES string of the molecule is CCc1ccc(C23c4ccccc4C(=O)N2CCN3C(=O)c2ccc(F)cc2)cc1. The molecule has 0 N–H and O–H groups in total. The van der Waals surface area contributed by atoms with Gasteiger partial charge in [-0.15, -0.1) is 0 Å². The van der Waals surface area contributed by atoms with Crippen LogP contribution in [-0.2, 0) is 12.1 Å². The van der Waals surface area contributed by atoms with E-state index < -0.39 is 5.66 Å². The molecule has 30 heavy (non-hydrogen) atoms. The molecule has 5 rings (SSSR count). The van der Waals surface area contributed by atoms with Gasteiger partial charge < -0.3 is 9.80 Å². The summed E-state index contributed by atoms with van der Waals surface area (Å²) >= 11 is 0. The molecular formula is C25H21FN2O2. The third kappa shape index (κ3) is 2.45. The lowest BCUT2D eigenvalue weighted by Gasteiger charge is -2.40. The molecule has 0 spiro atoms. The number of fused-ring (bicyclic) bond motifs is 3. The van der Waals surface area contributed by atoms with Gasteiger partial charge in [0.05, 0.1) is 0 Å². The van der Waals surface area contributed by atoms with E-state index in [1.807, 2.05) is 48.5 Å². The van der Waals surface area contributed by atoms with E-state index in [0.717, 1.165) is 17.5 Å². The molecule has 0 bridgehead atoms. The molecule has 2 aliphatic rings. The Bertz CT molecular complexity index is 1140. The van der Waals surface area contributed by atoms with E-state index in [4.69, 9.17) is 0 Å². The number of hydrogen-bond acceptors (Lipinski definition) is 2. The third-order valence-corrected chi connectivity index (χ3v) is 6.21. The predicted molar refractivity (Wildman–Crippen MR) is 112 cm³/mol. The fraction of sp³-hybridized carbons (Fsp3) is 0.200. The second-order valence-corrected chi connectivity index (χ2v) is 7.69. The number of amides is 2. The van der Waals surface area contributed by atoms with Crippen molar-refractivity contribution < 1.29 is 14.0 Å². The Morgan fingerprint density at radius 2 is 1.67 bits per heavy atom. The normalized spacial score (nSPS) is 19.7. The van der Waals surface area contributed by atoms with Gasteiger partial charge in [-0.25, -0.2) is 4.39 Å². The molecule has 1 saturated heterocycles. The van der Waals surface area contributed by atoms with Gasteiger partial charge in [0.15, 0.2) is 5.66 Å². The molecule has 150 valence electrons. The van der Waals surface area contributed by atoms with Gasteiger partial charge in [0.1, 0.15) is 5.82 Å². The van der Waals surface area contributed by atoms with Gasteiger partial charge in [-0.1, -0.05) is 49.4 Å². The van der Waals surface area contributed by atoms with Crippen LogP contribution in [0.15, 0.2) is 72.8 Å². The minimum absolute atomic E-state index is 0.0698. The lowest BCUT2D eigenvalue weighted by Crippen LogP contribution is -2.51. The molecule has 1 unspecified atom stereocenters. The summed E-state index contributed by atoms with van der Waals surface area (Å²) < 4.78 is 13.4. The maximum Gasteiger partial charge on any atom is 0.256 e. The molecular weight excluding hydrogens is 379 g/mol. The molecule has 3 aromatic rings. The Morgan fingerprint density at radius 3 is 2.37 bits per heavy atom. The number of aryl methyl sites for hydroxylation is 1. The highest BCUT2D eigenvalue weighted by atomic mass is 19.1. The van der Waals surface area contributed by atoms with Crippen molar-refractivity contribution in [1.82, 2.24) is 9.80 Å². The summed E-state index contributed by atoms with van der Waals surface area (Å²) in [5.74, 6) is -0.679. The van der Waals surface area contributed by atoms with Crippen LogP contribution < -0.4 is 0 Å². The topological polar surface area (TPSA) is 40.6 Å². The quantitative estimate of drug-likeness (QED) is 0.661. The molecule has 0 saturated carbocycles. The van der Waals surface area contributed by atoms with E-state index in [9.17, 15) is 14.0 Å². The summed E-state index contributed by atoms with van der Waals surface area (Å²) in [4.78, 5) is 30.4. The Kier molecular flexibility index (Phi) is 4.21. The summed E-state index contributed by atoms with van der Waals surface area (Å²) in [6.45, 7) is 2.94. The molecule has 0 aliphatic carbocycles. The van der Waals surface area contributed by atoms with Crippen molar-refractivity contribution in [3.05, 3.63) is 106 Å². The number of carbonyl (C=O) groups is 2. The number of rotatable bonds is 3. The molecule has 0 aromatic heterocycles. The molecule has 2 aliphatic heterocycles. The largest absolute Gasteiger partial charge is 0.306 e. The van der Waals surface area contributed by atoms with Crippen molar-refractivity contribution in [2.75, 3.05) is 13.1 Å². The van der Waals surface area contributed by atoms with Gasteiger partial charge >= 0.3 is 0 Å². The van der Waals surface area contributed by atoms with E-state index in [0.29, 0.717) is 24.2 Å². The molecule has 3 aromatic carbocycles. The van der Waals surface area contributed by atoms with E-state index in [1.54, 1.807) is 9.80 Å². The van der Waals surface area contributed by atoms with Crippen LogP contribution in [0.2, 0.25) is 0 Å². The van der Waals surface area contributed by atoms with Crippen molar-refractivity contribution in [2.45, 2.75) is 19.0 Å². The van der Waals surface area contributed by atoms with E-state index in [-0.39, 0.29) is 17.6 Å². The average Bonchev–Trinajstić information content (AvgIpc) is 3.30. The second kappa shape index (κ2) is 6.80. The van der Waals surface area contributed by atoms with Crippen LogP contribution in [0.4, 0.5) is 4.39 Å². The lowest BCUT2D eigenvalue weighted by molar-refractivity contribution is 0.0375. The molecule has 2 amide bonds. The van der Waals surface area contributed by atoms with Crippen molar-refractivity contribution in [3.8, 4) is 0 Å². The predicted octanol–water partition coefficient (Wildman–Crippen LogP) is 4.20. The molecule has 4 nitrogen and oxygen atoms in total. The molecule has 2 heterocycles. The van der Waals surface area contributed by atoms with Gasteiger partial charge in [0, 0.05) is 35.3 Å². The first-order valence-corrected chi connectivity index (χ1v) is 10.2. The van der Waals surface area contributed by atoms with Crippen LogP contribution in [0.5, 0.6) is 0 Å². The summed E-state index contributed by atoms with van der Waals surface area (Å²) in [7, 11) is 0. The number of hydrogen-bond donors (Lipinski definition) is 0. The highest BCUT2D eigenvalue weighted by Gasteiger charge is 2.59. The maximum absolute atomic E-state index is 13.6. The smallest absolute Gasteiger partial charge is 0.256 e. The number of nitrogens with zero attached hydrogens (tertiary/aromatic N) is 2. The first-order chi connectivity index (χ1) is 14.6. The third-order valence-electron chi connectivity index (χ3n) is 6.21. The first-order valence-electron chi connectivity index (χ1n) is 10.2. The lowest BCUT2D eigenvalue weighted by atomic mass is 9.88. The van der Waals surface area contributed by atoms with Gasteiger partial charge in [0.2, 0.25) is 0 Å². The molecule has 5 heteroatoms. The van der Waals surface area contributed by atoms with Crippen molar-refractivity contribution in [1.29, 1.82) is 0 Å². The number of benzene rings is 3. The Morgan fingerprint density at radius 1 is 0.967 bits per heavy atom. The van der Waals surface area contributed by atoms with E-state index in [1.165, 1.54) is 29.8 Å². The second-order valence-electron chi connectivity index (χ2n) is 7.69. The highest BCUT2D eigenvalue weighted by molar-refractivity contribution is 6.03. The fourth-order valence-electron chi connectivity index (χ4n) is 4.76. The Balaban J connectivity index is 1.72. The minimum atomic E-state index is -0.995. The van der Waals surface area contributed by atoms with Crippen LogP contribution in [0.1, 0.15) is 44.3 Å². The zero-order chi connectivity index (χ0) is 20.9. The van der Waals surface area contributed by atoms with Gasteiger partial charge in [-0.2, -0.15) is 0 Å². The summed E-state index contributed by atoms with van der Waals surface area (Å²) in [5.41, 5.74) is 2.91. The zero-order valence-electron chi connectivity index (χ0n) is 16.6. The first kappa shape index (κ1) is 18.6. The fourth-order valence-corrected chi connectivity index (χ4v) is 4.76. The summed E-state index contributed by atoms with van der Waals surface area (Å²) in [5, 5.41) is 0. The minimum Gasteiger partial charge on any atom is -0.306 e. The van der Waals surface area contributed by atoms with Crippen LogP contribution in [-0.4, -0.2) is 34.7 Å². The van der Waals surface area contributed by atoms with Gasteiger partial charge in [-0.3, -0.25) is 9.59 Å². The zero-order valence-corrected chi connectivity index (χ0v) is 16.6. The Hall–Kier alpha value is -3.47. The molecule has 0 radical (unpaired) electrons. The van der Waals surface area contributed by atoms with Crippen LogP contribution >= 0.6 is 0 Å². The van der Waals surface area contributed by atoms with Gasteiger partial charge in [0.25, 0.3) is 11.8 Å². The van der Waals surface area contributed by atoms with Gasteiger partial charge in [-0.05, 0) is 42.3 Å². The number of halogens is 1. The van der Waals surface area contributed by atoms with E-state index in [2.05, 4.69) is 6.92 Å². The van der Waals surface area contributed by atoms with Crippen molar-refractivity contribution >= 4 is 11.8 Å². The summed E-state index contributed by atoms with van der Waals surface area (Å²) in [6.07, 6.45) is 0.907. The average molecular weight is 400 g/mol. The van der Waals surface area contributed by atoms with Crippen molar-refractivity contribution in [3.63, 3.8) is 0 Å². The molecule has 1 fully saturated rings. The summed E-state index contributed by atoms with van der Waals surface area (Å²) in [6, 6.07) is 21.2. The van der Waals surface area contributed by atoms with Crippen LogP contribution in [0.25, 0.3) is 0 Å². The van der Waals surface area contributed by atoms with Crippen LogP contribution in [0, 0.1) is 5.82 Å². The highest BCUT2D eigenvalue weighted by Crippen LogP contribution is 2.50. The van der Waals surface area contributed by atoms with Crippen molar-refractivity contribution in [2.24, 2.45) is 0 Å². The maximum atomic E-state index is 13.6. The standard InChI is InChI=1S/C25H21FN2O2/c1-2-17-7-11-19(12-8-17)25-22-6-4-3-5-21(22)24(30)28(25)16-15-27(25)23(29)18-9-13-20(26)14-10-18/h3-14H,2,15-16H2,1H3. The number of carbonyl (C=O) groups excluding carboxylic acids is 2.